The first kappa shape index (κ1) is 8.97. The highest BCUT2D eigenvalue weighted by Gasteiger charge is 1.92. The smallest absolute Gasteiger partial charge is 0.309 e. The van der Waals surface area contributed by atoms with Gasteiger partial charge in [0.2, 0.25) is 0 Å². The molecule has 0 rings (SSSR count). The Bertz CT molecular complexity index is 119. The molecule has 0 aliphatic rings. The lowest BCUT2D eigenvalue weighted by molar-refractivity contribution is -0.222. The predicted molar refractivity (Wildman–Crippen MR) is 33.9 cm³/mol. The van der Waals surface area contributed by atoms with E-state index in [9.17, 15) is 4.79 Å². The van der Waals surface area contributed by atoms with Crippen molar-refractivity contribution in [2.75, 3.05) is 14.2 Å². The normalized spacial score (nSPS) is 9.80. The summed E-state index contributed by atoms with van der Waals surface area (Å²) in [5.74, 6) is -0.309. The van der Waals surface area contributed by atoms with Crippen LogP contribution in [-0.4, -0.2) is 20.2 Å². The highest BCUT2D eigenvalue weighted by atomic mass is 17.2. The fourth-order valence-electron chi connectivity index (χ4n) is 0.323. The molecular weight excluding hydrogens is 136 g/mol. The third kappa shape index (κ3) is 5.11. The summed E-state index contributed by atoms with van der Waals surface area (Å²) in [5.41, 5.74) is 0. The second-order valence-electron chi connectivity index (χ2n) is 1.41. The average Bonchev–Trinajstić information content (AvgIpc) is 1.98. The van der Waals surface area contributed by atoms with Gasteiger partial charge in [0.05, 0.1) is 20.6 Å². The van der Waals surface area contributed by atoms with E-state index in [1.165, 1.54) is 26.6 Å². The quantitative estimate of drug-likeness (QED) is 0.253. The van der Waals surface area contributed by atoms with Crippen molar-refractivity contribution in [2.24, 2.45) is 0 Å². The molecule has 0 fully saturated rings. The van der Waals surface area contributed by atoms with Crippen LogP contribution in [0.1, 0.15) is 6.42 Å². The van der Waals surface area contributed by atoms with Crippen LogP contribution in [0.15, 0.2) is 12.3 Å². The van der Waals surface area contributed by atoms with Gasteiger partial charge in [-0.1, -0.05) is 0 Å². The van der Waals surface area contributed by atoms with Crippen molar-refractivity contribution >= 4 is 5.97 Å². The molecule has 4 heteroatoms. The first-order valence-electron chi connectivity index (χ1n) is 2.72. The number of rotatable bonds is 4. The SMILES string of the molecule is COO/C=C/CC(=O)OC. The zero-order valence-electron chi connectivity index (χ0n) is 5.99. The lowest BCUT2D eigenvalue weighted by Crippen LogP contribution is -1.96. The summed E-state index contributed by atoms with van der Waals surface area (Å²) >= 11 is 0. The van der Waals surface area contributed by atoms with Gasteiger partial charge in [-0.05, 0) is 6.08 Å². The summed E-state index contributed by atoms with van der Waals surface area (Å²) < 4.78 is 4.34. The minimum atomic E-state index is -0.309. The summed E-state index contributed by atoms with van der Waals surface area (Å²) in [5, 5.41) is 0. The Morgan fingerprint density at radius 3 is 2.70 bits per heavy atom. The van der Waals surface area contributed by atoms with Gasteiger partial charge in [-0.15, -0.1) is 0 Å². The lowest BCUT2D eigenvalue weighted by atomic mass is 10.4. The topological polar surface area (TPSA) is 44.8 Å². The molecule has 0 aromatic carbocycles. The molecule has 0 aliphatic heterocycles. The standard InChI is InChI=1S/C6H10O4/c1-8-6(7)4-3-5-10-9-2/h3,5H,4H2,1-2H3/b5-3+. The second kappa shape index (κ2) is 6.10. The Kier molecular flexibility index (Phi) is 5.47. The predicted octanol–water partition coefficient (Wildman–Crippen LogP) is 0.641. The molecule has 0 bridgehead atoms. The molecule has 0 spiro atoms. The molecule has 0 saturated carbocycles. The second-order valence-corrected chi connectivity index (χ2v) is 1.41. The maximum Gasteiger partial charge on any atom is 0.309 e. The zero-order chi connectivity index (χ0) is 7.82. The van der Waals surface area contributed by atoms with Crippen LogP contribution in [0, 0.1) is 0 Å². The maximum absolute atomic E-state index is 10.4. The first-order valence-corrected chi connectivity index (χ1v) is 2.72. The summed E-state index contributed by atoms with van der Waals surface area (Å²) in [6.45, 7) is 0. The maximum atomic E-state index is 10.4. The van der Waals surface area contributed by atoms with E-state index >= 15 is 0 Å². The van der Waals surface area contributed by atoms with Crippen molar-refractivity contribution in [3.05, 3.63) is 12.3 Å². The number of carbonyl (C=O) groups is 1. The summed E-state index contributed by atoms with van der Waals surface area (Å²) in [6, 6.07) is 0. The molecule has 0 N–H and O–H groups in total. The Morgan fingerprint density at radius 2 is 2.20 bits per heavy atom. The Hall–Kier alpha value is -1.03. The number of ether oxygens (including phenoxy) is 1. The van der Waals surface area contributed by atoms with E-state index in [4.69, 9.17) is 0 Å². The summed E-state index contributed by atoms with van der Waals surface area (Å²) in [4.78, 5) is 19.0. The van der Waals surface area contributed by atoms with Gasteiger partial charge < -0.3 is 9.62 Å². The number of methoxy groups -OCH3 is 1. The lowest BCUT2D eigenvalue weighted by Gasteiger charge is -1.92. The summed E-state index contributed by atoms with van der Waals surface area (Å²) in [7, 11) is 2.70. The molecule has 0 amide bonds. The largest absolute Gasteiger partial charge is 0.469 e. The van der Waals surface area contributed by atoms with E-state index < -0.39 is 0 Å². The van der Waals surface area contributed by atoms with Crippen molar-refractivity contribution in [1.29, 1.82) is 0 Å². The Balaban J connectivity index is 3.25. The van der Waals surface area contributed by atoms with Crippen LogP contribution in [0.2, 0.25) is 0 Å². The molecule has 0 saturated heterocycles. The zero-order valence-corrected chi connectivity index (χ0v) is 5.99. The van der Waals surface area contributed by atoms with E-state index in [-0.39, 0.29) is 12.4 Å². The Morgan fingerprint density at radius 1 is 1.50 bits per heavy atom. The van der Waals surface area contributed by atoms with Gasteiger partial charge in [-0.25, -0.2) is 0 Å². The number of carbonyl (C=O) groups excluding carboxylic acids is 1. The van der Waals surface area contributed by atoms with Crippen molar-refractivity contribution in [3.63, 3.8) is 0 Å². The van der Waals surface area contributed by atoms with Crippen LogP contribution in [0.5, 0.6) is 0 Å². The van der Waals surface area contributed by atoms with Crippen molar-refractivity contribution in [1.82, 2.24) is 0 Å². The van der Waals surface area contributed by atoms with Crippen LogP contribution in [0.25, 0.3) is 0 Å². The number of hydrogen-bond donors (Lipinski definition) is 0. The molecule has 10 heavy (non-hydrogen) atoms. The van der Waals surface area contributed by atoms with Crippen LogP contribution >= 0.6 is 0 Å². The highest BCUT2D eigenvalue weighted by Crippen LogP contribution is 1.86. The van der Waals surface area contributed by atoms with Crippen LogP contribution in [0.3, 0.4) is 0 Å². The first-order chi connectivity index (χ1) is 4.81. The van der Waals surface area contributed by atoms with Gasteiger partial charge in [0, 0.05) is 0 Å². The molecule has 0 unspecified atom stereocenters. The molecule has 0 heterocycles. The fourth-order valence-corrected chi connectivity index (χ4v) is 0.323. The molecule has 0 atom stereocenters. The van der Waals surface area contributed by atoms with Gasteiger partial charge in [-0.3, -0.25) is 4.79 Å². The fraction of sp³-hybridized carbons (Fsp3) is 0.500. The van der Waals surface area contributed by atoms with Gasteiger partial charge in [-0.2, -0.15) is 4.89 Å². The number of hydrogen-bond acceptors (Lipinski definition) is 4. The van der Waals surface area contributed by atoms with Gasteiger partial charge >= 0.3 is 5.97 Å². The van der Waals surface area contributed by atoms with Gasteiger partial charge in [0.15, 0.2) is 0 Å². The van der Waals surface area contributed by atoms with Gasteiger partial charge in [0.1, 0.15) is 6.26 Å². The third-order valence-corrected chi connectivity index (χ3v) is 0.760. The molecule has 0 aromatic rings. The molecule has 0 aliphatic carbocycles. The minimum Gasteiger partial charge on any atom is -0.469 e. The minimum absolute atomic E-state index is 0.194. The molecule has 4 nitrogen and oxygen atoms in total. The van der Waals surface area contributed by atoms with Crippen LogP contribution in [-0.2, 0) is 19.3 Å². The third-order valence-electron chi connectivity index (χ3n) is 0.760. The van der Waals surface area contributed by atoms with E-state index in [0.717, 1.165) is 0 Å². The monoisotopic (exact) mass is 146 g/mol. The van der Waals surface area contributed by atoms with Crippen molar-refractivity contribution in [2.45, 2.75) is 6.42 Å². The molecule has 0 aromatic heterocycles. The Labute approximate surface area is 59.3 Å². The molecule has 58 valence electrons. The van der Waals surface area contributed by atoms with E-state index in [0.29, 0.717) is 0 Å². The van der Waals surface area contributed by atoms with E-state index in [1.54, 1.807) is 0 Å². The summed E-state index contributed by atoms with van der Waals surface area (Å²) in [6.07, 6.45) is 2.96. The molecule has 0 radical (unpaired) electrons. The molecular formula is C6H10O4. The van der Waals surface area contributed by atoms with Crippen LogP contribution in [0.4, 0.5) is 0 Å². The average molecular weight is 146 g/mol. The van der Waals surface area contributed by atoms with Crippen molar-refractivity contribution < 1.29 is 19.3 Å². The van der Waals surface area contributed by atoms with Crippen LogP contribution < -0.4 is 0 Å². The van der Waals surface area contributed by atoms with E-state index in [1.807, 2.05) is 0 Å². The van der Waals surface area contributed by atoms with Gasteiger partial charge in [0.25, 0.3) is 0 Å². The highest BCUT2D eigenvalue weighted by molar-refractivity contribution is 5.70. The van der Waals surface area contributed by atoms with E-state index in [2.05, 4.69) is 14.5 Å². The number of esters is 1. The van der Waals surface area contributed by atoms with Crippen molar-refractivity contribution in [3.8, 4) is 0 Å².